The highest BCUT2D eigenvalue weighted by atomic mass is 35.5. The first-order valence-electron chi connectivity index (χ1n) is 6.49. The average Bonchev–Trinajstić information content (AvgIpc) is 2.90. The molecule has 0 fully saturated rings. The Balaban J connectivity index is 1.95. The number of aryl methyl sites for hydroxylation is 1. The van der Waals surface area contributed by atoms with Gasteiger partial charge in [-0.15, -0.1) is 22.9 Å². The number of thiophene rings is 1. The van der Waals surface area contributed by atoms with Crippen LogP contribution in [-0.4, -0.2) is 0 Å². The molecule has 0 spiro atoms. The van der Waals surface area contributed by atoms with Crippen molar-refractivity contribution in [2.24, 2.45) is 0 Å². The first kappa shape index (κ1) is 12.7. The van der Waals surface area contributed by atoms with Gasteiger partial charge in [0.2, 0.25) is 0 Å². The molecule has 96 valence electrons. The van der Waals surface area contributed by atoms with E-state index in [1.54, 1.807) is 11.3 Å². The zero-order valence-corrected chi connectivity index (χ0v) is 12.3. The van der Waals surface area contributed by atoms with E-state index in [0.717, 1.165) is 6.42 Å². The normalized spacial score (nSPS) is 12.7. The fourth-order valence-corrected chi connectivity index (χ4v) is 3.63. The summed E-state index contributed by atoms with van der Waals surface area (Å²) in [5.74, 6) is 0. The Labute approximate surface area is 122 Å². The van der Waals surface area contributed by atoms with E-state index in [0.29, 0.717) is 0 Å². The molecule has 0 saturated carbocycles. The van der Waals surface area contributed by atoms with Crippen LogP contribution in [0.3, 0.4) is 0 Å². The lowest BCUT2D eigenvalue weighted by Gasteiger charge is -2.08. The number of halogens is 1. The van der Waals surface area contributed by atoms with Crippen LogP contribution < -0.4 is 0 Å². The Kier molecular flexibility index (Phi) is 3.58. The molecule has 0 saturated heterocycles. The Morgan fingerprint density at radius 3 is 2.47 bits per heavy atom. The average molecular weight is 287 g/mol. The van der Waals surface area contributed by atoms with Crippen molar-refractivity contribution in [3.63, 3.8) is 0 Å². The summed E-state index contributed by atoms with van der Waals surface area (Å²) < 4.78 is 1.30. The highest BCUT2D eigenvalue weighted by Crippen LogP contribution is 2.36. The van der Waals surface area contributed by atoms with Crippen LogP contribution >= 0.6 is 22.9 Å². The van der Waals surface area contributed by atoms with Crippen molar-refractivity contribution < 1.29 is 0 Å². The second kappa shape index (κ2) is 5.36. The van der Waals surface area contributed by atoms with E-state index in [4.69, 9.17) is 11.6 Å². The SMILES string of the molecule is CCc1ccc(C(Cl)c2cc3ccccc3s2)cc1. The summed E-state index contributed by atoms with van der Waals surface area (Å²) in [6.45, 7) is 2.17. The summed E-state index contributed by atoms with van der Waals surface area (Å²) in [4.78, 5) is 1.21. The number of alkyl halides is 1. The fourth-order valence-electron chi connectivity index (χ4n) is 2.21. The third kappa shape index (κ3) is 2.54. The van der Waals surface area contributed by atoms with E-state index >= 15 is 0 Å². The van der Waals surface area contributed by atoms with Gasteiger partial charge in [-0.1, -0.05) is 49.4 Å². The predicted molar refractivity (Wildman–Crippen MR) is 85.3 cm³/mol. The molecule has 0 aliphatic carbocycles. The van der Waals surface area contributed by atoms with Crippen LogP contribution in [0.1, 0.15) is 28.3 Å². The van der Waals surface area contributed by atoms with Crippen LogP contribution in [0.2, 0.25) is 0 Å². The number of hydrogen-bond acceptors (Lipinski definition) is 1. The van der Waals surface area contributed by atoms with Crippen LogP contribution in [-0.2, 0) is 6.42 Å². The quantitative estimate of drug-likeness (QED) is 0.534. The van der Waals surface area contributed by atoms with Gasteiger partial charge < -0.3 is 0 Å². The Morgan fingerprint density at radius 1 is 1.05 bits per heavy atom. The van der Waals surface area contributed by atoms with Crippen LogP contribution in [0, 0.1) is 0 Å². The predicted octanol–water partition coefficient (Wildman–Crippen LogP) is 5.79. The number of rotatable bonds is 3. The molecule has 0 N–H and O–H groups in total. The number of fused-ring (bicyclic) bond motifs is 1. The Bertz CT molecular complexity index is 649. The maximum Gasteiger partial charge on any atom is 0.0928 e. The fraction of sp³-hybridized carbons (Fsp3) is 0.176. The van der Waals surface area contributed by atoms with Gasteiger partial charge in [0.15, 0.2) is 0 Å². The second-order valence-electron chi connectivity index (χ2n) is 4.64. The van der Waals surface area contributed by atoms with Crippen LogP contribution in [0.15, 0.2) is 54.6 Å². The van der Waals surface area contributed by atoms with Gasteiger partial charge in [-0.3, -0.25) is 0 Å². The molecule has 1 unspecified atom stereocenters. The van der Waals surface area contributed by atoms with E-state index in [1.165, 1.54) is 26.1 Å². The molecular formula is C17H15ClS. The minimum atomic E-state index is -0.0525. The summed E-state index contributed by atoms with van der Waals surface area (Å²) in [6.07, 6.45) is 1.07. The third-order valence-electron chi connectivity index (χ3n) is 3.37. The van der Waals surface area contributed by atoms with E-state index in [2.05, 4.69) is 61.5 Å². The first-order valence-corrected chi connectivity index (χ1v) is 7.74. The standard InChI is InChI=1S/C17H15ClS/c1-2-12-7-9-13(10-8-12)17(18)16-11-14-5-3-4-6-15(14)19-16/h3-11,17H,2H2,1H3. The molecule has 3 rings (SSSR count). The molecule has 0 aliphatic heterocycles. The topological polar surface area (TPSA) is 0 Å². The summed E-state index contributed by atoms with van der Waals surface area (Å²) in [5, 5.41) is 1.22. The third-order valence-corrected chi connectivity index (χ3v) is 5.17. The van der Waals surface area contributed by atoms with Crippen molar-refractivity contribution in [3.05, 3.63) is 70.6 Å². The van der Waals surface area contributed by atoms with Crippen molar-refractivity contribution in [2.75, 3.05) is 0 Å². The lowest BCUT2D eigenvalue weighted by atomic mass is 10.1. The summed E-state index contributed by atoms with van der Waals surface area (Å²) >= 11 is 8.39. The van der Waals surface area contributed by atoms with Crippen molar-refractivity contribution in [3.8, 4) is 0 Å². The summed E-state index contributed by atoms with van der Waals surface area (Å²) in [5.41, 5.74) is 2.52. The van der Waals surface area contributed by atoms with Gasteiger partial charge >= 0.3 is 0 Å². The van der Waals surface area contributed by atoms with E-state index < -0.39 is 0 Å². The molecule has 0 amide bonds. The van der Waals surface area contributed by atoms with E-state index in [1.807, 2.05) is 0 Å². The van der Waals surface area contributed by atoms with Gasteiger partial charge in [-0.05, 0) is 35.1 Å². The maximum atomic E-state index is 6.61. The molecule has 2 heteroatoms. The van der Waals surface area contributed by atoms with Gasteiger partial charge in [-0.25, -0.2) is 0 Å². The van der Waals surface area contributed by atoms with Crippen LogP contribution in [0.5, 0.6) is 0 Å². The minimum absolute atomic E-state index is 0.0525. The maximum absolute atomic E-state index is 6.61. The first-order chi connectivity index (χ1) is 9.28. The van der Waals surface area contributed by atoms with Crippen LogP contribution in [0.4, 0.5) is 0 Å². The lowest BCUT2D eigenvalue weighted by Crippen LogP contribution is -1.90. The highest BCUT2D eigenvalue weighted by Gasteiger charge is 2.13. The molecule has 0 nitrogen and oxygen atoms in total. The Hall–Kier alpha value is -1.31. The number of hydrogen-bond donors (Lipinski definition) is 0. The van der Waals surface area contributed by atoms with Crippen molar-refractivity contribution >= 4 is 33.0 Å². The summed E-state index contributed by atoms with van der Waals surface area (Å²) in [6, 6.07) is 19.2. The van der Waals surface area contributed by atoms with Crippen molar-refractivity contribution in [1.82, 2.24) is 0 Å². The van der Waals surface area contributed by atoms with Gasteiger partial charge in [0, 0.05) is 9.58 Å². The summed E-state index contributed by atoms with van der Waals surface area (Å²) in [7, 11) is 0. The molecule has 2 aromatic carbocycles. The van der Waals surface area contributed by atoms with Gasteiger partial charge in [0.25, 0.3) is 0 Å². The van der Waals surface area contributed by atoms with Crippen molar-refractivity contribution in [1.29, 1.82) is 0 Å². The number of benzene rings is 2. The molecule has 0 radical (unpaired) electrons. The second-order valence-corrected chi connectivity index (χ2v) is 6.20. The molecule has 1 aromatic heterocycles. The minimum Gasteiger partial charge on any atom is -0.138 e. The largest absolute Gasteiger partial charge is 0.138 e. The van der Waals surface area contributed by atoms with E-state index in [-0.39, 0.29) is 5.38 Å². The molecule has 0 aliphatic rings. The highest BCUT2D eigenvalue weighted by molar-refractivity contribution is 7.19. The molecule has 1 atom stereocenters. The van der Waals surface area contributed by atoms with Gasteiger partial charge in [0.05, 0.1) is 5.38 Å². The zero-order chi connectivity index (χ0) is 13.2. The monoisotopic (exact) mass is 286 g/mol. The molecule has 3 aromatic rings. The van der Waals surface area contributed by atoms with Crippen molar-refractivity contribution in [2.45, 2.75) is 18.7 Å². The zero-order valence-electron chi connectivity index (χ0n) is 10.8. The smallest absolute Gasteiger partial charge is 0.0928 e. The van der Waals surface area contributed by atoms with E-state index in [9.17, 15) is 0 Å². The molecule has 1 heterocycles. The van der Waals surface area contributed by atoms with Gasteiger partial charge in [0.1, 0.15) is 0 Å². The molecular weight excluding hydrogens is 272 g/mol. The molecule has 19 heavy (non-hydrogen) atoms. The van der Waals surface area contributed by atoms with Gasteiger partial charge in [-0.2, -0.15) is 0 Å². The lowest BCUT2D eigenvalue weighted by molar-refractivity contribution is 1.12. The molecule has 0 bridgehead atoms. The Morgan fingerprint density at radius 2 is 1.79 bits per heavy atom. The van der Waals surface area contributed by atoms with Crippen LogP contribution in [0.25, 0.3) is 10.1 Å².